The van der Waals surface area contributed by atoms with Gasteiger partial charge in [-0.3, -0.25) is 14.5 Å². The Hall–Kier alpha value is -2.89. The number of para-hydroxylation sites is 2. The Balaban J connectivity index is 1.54. The summed E-state index contributed by atoms with van der Waals surface area (Å²) in [6, 6.07) is 13.3. The zero-order chi connectivity index (χ0) is 17.4. The Morgan fingerprint density at radius 3 is 2.60 bits per heavy atom. The van der Waals surface area contributed by atoms with Gasteiger partial charge < -0.3 is 9.64 Å². The first-order valence-electron chi connectivity index (χ1n) is 8.23. The second-order valence-corrected chi connectivity index (χ2v) is 6.21. The Morgan fingerprint density at radius 2 is 1.88 bits per heavy atom. The summed E-state index contributed by atoms with van der Waals surface area (Å²) in [6.07, 6.45) is 1.99. The molecule has 1 aliphatic heterocycles. The van der Waals surface area contributed by atoms with E-state index in [1.54, 1.807) is 11.0 Å². The predicted octanol–water partition coefficient (Wildman–Crippen LogP) is 2.75. The maximum Gasteiger partial charge on any atom is 0.265 e. The third kappa shape index (κ3) is 3.07. The van der Waals surface area contributed by atoms with Crippen LogP contribution in [0.25, 0.3) is 0 Å². The minimum absolute atomic E-state index is 0.00113. The molecule has 25 heavy (non-hydrogen) atoms. The molecule has 2 aromatic carbocycles. The molecule has 0 spiro atoms. The summed E-state index contributed by atoms with van der Waals surface area (Å²) in [5, 5.41) is 0. The van der Waals surface area contributed by atoms with Crippen LogP contribution in [0.5, 0.6) is 5.75 Å². The molecule has 2 aromatic rings. The number of carbonyl (C=O) groups excluding carboxylic acids is 2. The van der Waals surface area contributed by atoms with Crippen molar-refractivity contribution in [1.82, 2.24) is 0 Å². The van der Waals surface area contributed by atoms with E-state index in [1.165, 1.54) is 23.1 Å². The highest BCUT2D eigenvalue weighted by molar-refractivity contribution is 6.11. The minimum atomic E-state index is -0.427. The van der Waals surface area contributed by atoms with Crippen LogP contribution >= 0.6 is 0 Å². The summed E-state index contributed by atoms with van der Waals surface area (Å²) in [5.41, 5.74) is 1.47. The molecular formula is C19H17FN2O3. The van der Waals surface area contributed by atoms with Crippen molar-refractivity contribution >= 4 is 23.2 Å². The Morgan fingerprint density at radius 1 is 1.12 bits per heavy atom. The zero-order valence-corrected chi connectivity index (χ0v) is 13.5. The number of ether oxygens (including phenoxy) is 1. The molecule has 1 heterocycles. The lowest BCUT2D eigenvalue weighted by Gasteiger charge is -2.36. The van der Waals surface area contributed by atoms with E-state index in [1.807, 2.05) is 24.3 Å². The fourth-order valence-corrected chi connectivity index (χ4v) is 3.06. The SMILES string of the molecule is O=C(COc1cccc(F)c1)N1CC(=O)N(C2CC2)c2ccccc21. The number of amides is 2. The average molecular weight is 340 g/mol. The first kappa shape index (κ1) is 15.6. The monoisotopic (exact) mass is 340 g/mol. The van der Waals surface area contributed by atoms with E-state index in [0.29, 0.717) is 5.69 Å². The molecule has 0 radical (unpaired) electrons. The van der Waals surface area contributed by atoms with Gasteiger partial charge in [-0.25, -0.2) is 4.39 Å². The van der Waals surface area contributed by atoms with Gasteiger partial charge in [0.05, 0.1) is 11.4 Å². The van der Waals surface area contributed by atoms with Gasteiger partial charge in [0, 0.05) is 12.1 Å². The van der Waals surface area contributed by atoms with Crippen molar-refractivity contribution in [2.45, 2.75) is 18.9 Å². The topological polar surface area (TPSA) is 49.9 Å². The van der Waals surface area contributed by atoms with Crippen LogP contribution in [0.3, 0.4) is 0 Å². The van der Waals surface area contributed by atoms with E-state index in [0.717, 1.165) is 18.5 Å². The molecule has 0 bridgehead atoms. The Bertz CT molecular complexity index is 835. The van der Waals surface area contributed by atoms with Crippen molar-refractivity contribution in [3.63, 3.8) is 0 Å². The molecule has 0 N–H and O–H groups in total. The molecule has 2 aliphatic rings. The fourth-order valence-electron chi connectivity index (χ4n) is 3.06. The molecule has 2 amide bonds. The second kappa shape index (κ2) is 6.20. The third-order valence-electron chi connectivity index (χ3n) is 4.37. The Kier molecular flexibility index (Phi) is 3.87. The van der Waals surface area contributed by atoms with E-state index >= 15 is 0 Å². The summed E-state index contributed by atoms with van der Waals surface area (Å²) < 4.78 is 18.6. The number of fused-ring (bicyclic) bond motifs is 1. The van der Waals surface area contributed by atoms with Crippen molar-refractivity contribution in [3.8, 4) is 5.75 Å². The maximum atomic E-state index is 13.2. The van der Waals surface area contributed by atoms with Crippen molar-refractivity contribution in [3.05, 3.63) is 54.3 Å². The van der Waals surface area contributed by atoms with Crippen LogP contribution in [-0.4, -0.2) is 31.0 Å². The van der Waals surface area contributed by atoms with Gasteiger partial charge >= 0.3 is 0 Å². The van der Waals surface area contributed by atoms with Crippen LogP contribution < -0.4 is 14.5 Å². The standard InChI is InChI=1S/C19H17FN2O3/c20-13-4-3-5-15(10-13)25-12-19(24)21-11-18(23)22(14-8-9-14)17-7-2-1-6-16(17)21/h1-7,10,14H,8-9,11-12H2. The van der Waals surface area contributed by atoms with Gasteiger partial charge in [-0.05, 0) is 37.1 Å². The number of nitrogens with zero attached hydrogens (tertiary/aromatic N) is 2. The normalized spacial score (nSPS) is 16.6. The molecule has 1 saturated carbocycles. The van der Waals surface area contributed by atoms with E-state index in [-0.39, 0.29) is 36.8 Å². The summed E-state index contributed by atoms with van der Waals surface area (Å²) in [6.45, 7) is -0.257. The van der Waals surface area contributed by atoms with Crippen molar-refractivity contribution in [2.24, 2.45) is 0 Å². The van der Waals surface area contributed by atoms with Crippen LogP contribution in [0, 0.1) is 5.82 Å². The number of benzene rings is 2. The van der Waals surface area contributed by atoms with Crippen LogP contribution in [0.4, 0.5) is 15.8 Å². The number of anilines is 2. The predicted molar refractivity (Wildman–Crippen MR) is 91.2 cm³/mol. The van der Waals surface area contributed by atoms with Crippen molar-refractivity contribution in [2.75, 3.05) is 23.0 Å². The average Bonchev–Trinajstić information content (AvgIpc) is 3.44. The smallest absolute Gasteiger partial charge is 0.265 e. The number of hydrogen-bond donors (Lipinski definition) is 0. The summed E-state index contributed by atoms with van der Waals surface area (Å²) >= 11 is 0. The number of rotatable bonds is 4. The molecule has 0 aromatic heterocycles. The summed E-state index contributed by atoms with van der Waals surface area (Å²) in [7, 11) is 0. The highest BCUT2D eigenvalue weighted by atomic mass is 19.1. The Labute approximate surface area is 144 Å². The van der Waals surface area contributed by atoms with Gasteiger partial charge in [0.1, 0.15) is 18.1 Å². The zero-order valence-electron chi connectivity index (χ0n) is 13.5. The van der Waals surface area contributed by atoms with Gasteiger partial charge in [0.15, 0.2) is 6.61 Å². The molecule has 1 fully saturated rings. The summed E-state index contributed by atoms with van der Waals surface area (Å²) in [4.78, 5) is 28.3. The lowest BCUT2D eigenvalue weighted by molar-refractivity contribution is -0.124. The largest absolute Gasteiger partial charge is 0.484 e. The number of halogens is 1. The molecule has 128 valence electrons. The molecule has 5 nitrogen and oxygen atoms in total. The van der Waals surface area contributed by atoms with Crippen molar-refractivity contribution in [1.29, 1.82) is 0 Å². The van der Waals surface area contributed by atoms with Crippen LogP contribution in [0.2, 0.25) is 0 Å². The van der Waals surface area contributed by atoms with Gasteiger partial charge in [-0.15, -0.1) is 0 Å². The lowest BCUT2D eigenvalue weighted by Crippen LogP contribution is -2.50. The molecule has 0 unspecified atom stereocenters. The van der Waals surface area contributed by atoms with Gasteiger partial charge in [-0.2, -0.15) is 0 Å². The van der Waals surface area contributed by atoms with Crippen LogP contribution in [0.1, 0.15) is 12.8 Å². The first-order chi connectivity index (χ1) is 12.1. The van der Waals surface area contributed by atoms with Crippen LogP contribution in [0.15, 0.2) is 48.5 Å². The van der Waals surface area contributed by atoms with E-state index in [2.05, 4.69) is 0 Å². The highest BCUT2D eigenvalue weighted by Gasteiger charge is 2.40. The quantitative estimate of drug-likeness (QED) is 0.860. The van der Waals surface area contributed by atoms with Gasteiger partial charge in [-0.1, -0.05) is 18.2 Å². The van der Waals surface area contributed by atoms with E-state index in [4.69, 9.17) is 4.74 Å². The van der Waals surface area contributed by atoms with Crippen LogP contribution in [-0.2, 0) is 9.59 Å². The molecule has 4 rings (SSSR count). The maximum absolute atomic E-state index is 13.2. The molecule has 1 aliphatic carbocycles. The fraction of sp³-hybridized carbons (Fsp3) is 0.263. The second-order valence-electron chi connectivity index (χ2n) is 6.21. The molecular weight excluding hydrogens is 323 g/mol. The van der Waals surface area contributed by atoms with Gasteiger partial charge in [0.2, 0.25) is 5.91 Å². The molecule has 0 atom stereocenters. The van der Waals surface area contributed by atoms with Gasteiger partial charge in [0.25, 0.3) is 5.91 Å². The number of carbonyl (C=O) groups is 2. The third-order valence-corrected chi connectivity index (χ3v) is 4.37. The minimum Gasteiger partial charge on any atom is -0.484 e. The number of hydrogen-bond acceptors (Lipinski definition) is 3. The summed E-state index contributed by atoms with van der Waals surface area (Å²) in [5.74, 6) is -0.561. The van der Waals surface area contributed by atoms with E-state index in [9.17, 15) is 14.0 Å². The first-order valence-corrected chi connectivity index (χ1v) is 8.23. The molecule has 6 heteroatoms. The molecule has 0 saturated heterocycles. The lowest BCUT2D eigenvalue weighted by atomic mass is 10.1. The van der Waals surface area contributed by atoms with Crippen molar-refractivity contribution < 1.29 is 18.7 Å². The highest BCUT2D eigenvalue weighted by Crippen LogP contribution is 2.40. The van der Waals surface area contributed by atoms with E-state index < -0.39 is 5.82 Å².